The van der Waals surface area contributed by atoms with E-state index in [-0.39, 0.29) is 5.41 Å². The molecule has 6 heteroatoms. The highest BCUT2D eigenvalue weighted by atomic mass is 15.2. The van der Waals surface area contributed by atoms with Gasteiger partial charge in [-0.05, 0) is 61.1 Å². The fraction of sp³-hybridized carbons (Fsp3) is 0.289. The molecule has 218 valence electrons. The summed E-state index contributed by atoms with van der Waals surface area (Å²) in [5.41, 5.74) is 12.5. The Balaban J connectivity index is 1.08. The van der Waals surface area contributed by atoms with Crippen molar-refractivity contribution >= 4 is 0 Å². The van der Waals surface area contributed by atoms with Crippen LogP contribution in [0.3, 0.4) is 0 Å². The van der Waals surface area contributed by atoms with Crippen LogP contribution in [-0.2, 0) is 58.2 Å². The predicted molar refractivity (Wildman–Crippen MR) is 168 cm³/mol. The van der Waals surface area contributed by atoms with Gasteiger partial charge in [-0.2, -0.15) is 13.7 Å². The lowest BCUT2D eigenvalue weighted by Crippen LogP contribution is -2.55. The zero-order chi connectivity index (χ0) is 29.3. The van der Waals surface area contributed by atoms with Crippen molar-refractivity contribution in [2.24, 2.45) is 5.41 Å². The van der Waals surface area contributed by atoms with E-state index in [0.29, 0.717) is 0 Å². The van der Waals surface area contributed by atoms with Crippen LogP contribution in [-0.4, -0.2) is 13.7 Å². The molecule has 3 aromatic heterocycles. The van der Waals surface area contributed by atoms with Gasteiger partial charge in [-0.3, -0.25) is 0 Å². The third-order valence-electron chi connectivity index (χ3n) is 10.1. The highest BCUT2D eigenvalue weighted by Gasteiger charge is 2.37. The molecule has 0 bridgehead atoms. The van der Waals surface area contributed by atoms with E-state index in [4.69, 9.17) is 0 Å². The van der Waals surface area contributed by atoms with Crippen LogP contribution < -0.4 is 13.7 Å². The fourth-order valence-electron chi connectivity index (χ4n) is 8.13. The van der Waals surface area contributed by atoms with Gasteiger partial charge in [0.05, 0.1) is 5.41 Å². The molecule has 6 heterocycles. The Morgan fingerprint density at radius 1 is 0.477 bits per heavy atom. The number of hydrogen-bond acceptors (Lipinski definition) is 0. The normalized spacial score (nSPS) is 14.7. The number of aryl methyl sites for hydroxylation is 6. The van der Waals surface area contributed by atoms with Gasteiger partial charge in [-0.25, -0.2) is 13.7 Å². The van der Waals surface area contributed by atoms with Gasteiger partial charge in [0.2, 0.25) is 19.0 Å². The Hall–Kier alpha value is -4.71. The molecular weight excluding hydrogens is 540 g/mol. The number of imidazole rings is 3. The van der Waals surface area contributed by atoms with E-state index in [2.05, 4.69) is 145 Å². The Bertz CT molecular complexity index is 1810. The molecule has 0 radical (unpaired) electrons. The van der Waals surface area contributed by atoms with E-state index in [0.717, 1.165) is 58.2 Å². The molecule has 0 amide bonds. The lowest BCUT2D eigenvalue weighted by Gasteiger charge is -2.23. The quantitative estimate of drug-likeness (QED) is 0.258. The lowest BCUT2D eigenvalue weighted by molar-refractivity contribution is -0.782. The lowest BCUT2D eigenvalue weighted by atomic mass is 9.89. The first-order chi connectivity index (χ1) is 21.6. The summed E-state index contributed by atoms with van der Waals surface area (Å²) in [6, 6.07) is 26.6. The summed E-state index contributed by atoms with van der Waals surface area (Å²) in [4.78, 5) is 0. The molecule has 0 N–H and O–H groups in total. The third-order valence-corrected chi connectivity index (χ3v) is 10.1. The van der Waals surface area contributed by atoms with E-state index in [1.165, 1.54) is 50.8 Å². The summed E-state index contributed by atoms with van der Waals surface area (Å²) in [5, 5.41) is 0. The van der Waals surface area contributed by atoms with Crippen molar-refractivity contribution in [1.29, 1.82) is 0 Å². The first-order valence-corrected chi connectivity index (χ1v) is 16.1. The molecular formula is C38H39N6+3. The molecule has 3 aliphatic rings. The average Bonchev–Trinajstić information content (AvgIpc) is 3.76. The molecule has 0 unspecified atom stereocenters. The van der Waals surface area contributed by atoms with Crippen molar-refractivity contribution in [2.75, 3.05) is 0 Å². The molecule has 0 atom stereocenters. The topological polar surface area (TPSA) is 26.4 Å². The summed E-state index contributed by atoms with van der Waals surface area (Å²) < 4.78 is 14.6. The monoisotopic (exact) mass is 579 g/mol. The van der Waals surface area contributed by atoms with Crippen LogP contribution in [0.4, 0.5) is 0 Å². The highest BCUT2D eigenvalue weighted by molar-refractivity contribution is 5.46. The predicted octanol–water partition coefficient (Wildman–Crippen LogP) is 4.62. The number of aromatic nitrogens is 6. The number of nitrogens with zero attached hydrogens (tertiary/aromatic N) is 6. The van der Waals surface area contributed by atoms with Gasteiger partial charge in [-0.15, -0.1) is 0 Å². The molecule has 0 saturated carbocycles. The molecule has 0 aliphatic carbocycles. The molecule has 6 nitrogen and oxygen atoms in total. The van der Waals surface area contributed by atoms with Crippen LogP contribution in [0.2, 0.25) is 0 Å². The Morgan fingerprint density at radius 3 is 1.14 bits per heavy atom. The second-order valence-corrected chi connectivity index (χ2v) is 13.5. The van der Waals surface area contributed by atoms with Crippen LogP contribution in [0.25, 0.3) is 17.1 Å². The smallest absolute Gasteiger partial charge is 0.235 e. The first-order valence-electron chi connectivity index (χ1n) is 16.1. The van der Waals surface area contributed by atoms with Gasteiger partial charge in [-0.1, -0.05) is 54.6 Å². The van der Waals surface area contributed by atoms with Crippen LogP contribution in [0, 0.1) is 5.41 Å². The average molecular weight is 580 g/mol. The van der Waals surface area contributed by atoms with Gasteiger partial charge < -0.3 is 0 Å². The Kier molecular flexibility index (Phi) is 5.80. The zero-order valence-electron chi connectivity index (χ0n) is 25.4. The zero-order valence-corrected chi connectivity index (χ0v) is 25.4. The van der Waals surface area contributed by atoms with Gasteiger partial charge in [0.1, 0.15) is 72.4 Å². The molecule has 0 fully saturated rings. The minimum absolute atomic E-state index is 0.0366. The third kappa shape index (κ3) is 4.35. The maximum absolute atomic E-state index is 2.47. The Labute approximate surface area is 258 Å². The largest absolute Gasteiger partial charge is 0.249 e. The van der Waals surface area contributed by atoms with E-state index in [9.17, 15) is 0 Å². The van der Waals surface area contributed by atoms with Crippen molar-refractivity contribution < 1.29 is 13.7 Å². The van der Waals surface area contributed by atoms with E-state index >= 15 is 0 Å². The van der Waals surface area contributed by atoms with E-state index < -0.39 is 0 Å². The second-order valence-electron chi connectivity index (χ2n) is 13.5. The van der Waals surface area contributed by atoms with Crippen molar-refractivity contribution in [3.05, 3.63) is 144 Å². The number of benzene rings is 3. The second kappa shape index (κ2) is 9.91. The minimum Gasteiger partial charge on any atom is -0.235 e. The maximum atomic E-state index is 2.47. The molecule has 9 rings (SSSR count). The van der Waals surface area contributed by atoms with Crippen LogP contribution >= 0.6 is 0 Å². The van der Waals surface area contributed by atoms with E-state index in [1.807, 2.05) is 0 Å². The van der Waals surface area contributed by atoms with Crippen molar-refractivity contribution in [2.45, 2.75) is 65.1 Å². The molecule has 3 aromatic carbocycles. The number of rotatable bonds is 6. The summed E-state index contributed by atoms with van der Waals surface area (Å²) in [6.07, 6.45) is 20.8. The summed E-state index contributed by atoms with van der Waals surface area (Å²) >= 11 is 0. The number of para-hydroxylation sites is 3. The van der Waals surface area contributed by atoms with Gasteiger partial charge in [0.25, 0.3) is 0 Å². The molecule has 3 aliphatic heterocycles. The van der Waals surface area contributed by atoms with Crippen molar-refractivity contribution in [3.8, 4) is 17.1 Å². The van der Waals surface area contributed by atoms with Crippen molar-refractivity contribution in [3.63, 3.8) is 0 Å². The first kappa shape index (κ1) is 25.8. The molecule has 6 aromatic rings. The van der Waals surface area contributed by atoms with Crippen LogP contribution in [0.5, 0.6) is 0 Å². The van der Waals surface area contributed by atoms with Crippen LogP contribution in [0.15, 0.2) is 110 Å². The number of hydrogen-bond donors (Lipinski definition) is 0. The maximum Gasteiger partial charge on any atom is 0.249 e. The van der Waals surface area contributed by atoms with Gasteiger partial charge in [0.15, 0.2) is 0 Å². The molecule has 44 heavy (non-hydrogen) atoms. The molecule has 0 saturated heterocycles. The minimum atomic E-state index is -0.0366. The van der Waals surface area contributed by atoms with Crippen molar-refractivity contribution in [1.82, 2.24) is 13.7 Å². The molecule has 0 spiro atoms. The standard InChI is InChI=1S/C38H39N6/c1-38(23-39-20-32-17-14-29-8-2-5-11-35(29)42(32)26-39,24-40-21-33-18-15-30-9-3-6-12-36(30)43(33)27-40)25-41-22-34-19-16-31-10-4-7-13-37(31)44(34)28-41/h2-13,20-22,26-28H,14-19,23-25H2,1H3/q+3. The summed E-state index contributed by atoms with van der Waals surface area (Å²) in [5.74, 6) is 0. The fourth-order valence-corrected chi connectivity index (χ4v) is 8.13. The summed E-state index contributed by atoms with van der Waals surface area (Å²) in [6.45, 7) is 5.27. The SMILES string of the molecule is CC(C[n+]1cc2n(c1)-c1ccccc1CC2)(C[n+]1cc2n(c1)-c1ccccc1CC2)C[n+]1cc2n(c1)-c1ccccc1CC2. The number of fused-ring (bicyclic) bond motifs is 9. The van der Waals surface area contributed by atoms with Crippen LogP contribution in [0.1, 0.15) is 40.7 Å². The van der Waals surface area contributed by atoms with Gasteiger partial charge >= 0.3 is 0 Å². The van der Waals surface area contributed by atoms with Gasteiger partial charge in [0, 0.05) is 19.3 Å². The Morgan fingerprint density at radius 2 is 0.795 bits per heavy atom. The van der Waals surface area contributed by atoms with E-state index in [1.54, 1.807) is 0 Å². The summed E-state index contributed by atoms with van der Waals surface area (Å²) in [7, 11) is 0. The highest BCUT2D eigenvalue weighted by Crippen LogP contribution is 2.28.